The maximum atomic E-state index is 12.8. The highest BCUT2D eigenvalue weighted by Crippen LogP contribution is 2.27. The number of rotatable bonds is 5. The van der Waals surface area contributed by atoms with E-state index in [1.54, 1.807) is 36.4 Å². The van der Waals surface area contributed by atoms with E-state index in [0.29, 0.717) is 30.1 Å². The zero-order valence-electron chi connectivity index (χ0n) is 14.3. The Balaban J connectivity index is 1.78. The Morgan fingerprint density at radius 1 is 1.15 bits per heavy atom. The van der Waals surface area contributed by atoms with E-state index in [0.717, 1.165) is 11.1 Å². The number of anilines is 1. The number of sulfonamides is 1. The summed E-state index contributed by atoms with van der Waals surface area (Å²) in [5.41, 5.74) is 2.63. The zero-order chi connectivity index (χ0) is 18.6. The molecule has 2 aromatic rings. The molecule has 1 aliphatic rings. The molecule has 0 aliphatic carbocycles. The molecule has 3 rings (SSSR count). The van der Waals surface area contributed by atoms with Crippen molar-refractivity contribution in [2.24, 2.45) is 0 Å². The highest BCUT2D eigenvalue weighted by molar-refractivity contribution is 7.89. The van der Waals surface area contributed by atoms with Gasteiger partial charge in [-0.05, 0) is 41.8 Å². The maximum absolute atomic E-state index is 12.8. The van der Waals surface area contributed by atoms with Gasteiger partial charge in [0.2, 0.25) is 10.0 Å². The molecule has 0 bridgehead atoms. The third kappa shape index (κ3) is 3.95. The number of hydrogen-bond donors (Lipinski definition) is 2. The minimum absolute atomic E-state index is 0.288. The van der Waals surface area contributed by atoms with Crippen molar-refractivity contribution in [1.82, 2.24) is 9.62 Å². The number of urea groups is 1. The molecule has 0 spiro atoms. The van der Waals surface area contributed by atoms with Crippen LogP contribution < -0.4 is 10.6 Å². The van der Waals surface area contributed by atoms with E-state index in [4.69, 9.17) is 0 Å². The van der Waals surface area contributed by atoms with E-state index >= 15 is 0 Å². The van der Waals surface area contributed by atoms with Gasteiger partial charge in [0.25, 0.3) is 0 Å². The van der Waals surface area contributed by atoms with Crippen LogP contribution in [0, 0.1) is 0 Å². The van der Waals surface area contributed by atoms with Gasteiger partial charge in [0.1, 0.15) is 0 Å². The van der Waals surface area contributed by atoms with Crippen LogP contribution in [0.15, 0.2) is 66.1 Å². The molecule has 0 unspecified atom stereocenters. The Bertz CT molecular complexity index is 911. The Morgan fingerprint density at radius 3 is 2.65 bits per heavy atom. The summed E-state index contributed by atoms with van der Waals surface area (Å²) in [6.07, 6.45) is 2.24. The quantitative estimate of drug-likeness (QED) is 0.793. The third-order valence-corrected chi connectivity index (χ3v) is 6.09. The predicted molar refractivity (Wildman–Crippen MR) is 101 cm³/mol. The molecule has 0 radical (unpaired) electrons. The second-order valence-electron chi connectivity index (χ2n) is 6.01. The molecular formula is C19H21N3O3S. The molecule has 0 fully saturated rings. The van der Waals surface area contributed by atoms with Gasteiger partial charge in [-0.1, -0.05) is 30.3 Å². The predicted octanol–water partition coefficient (Wildman–Crippen LogP) is 2.74. The highest BCUT2D eigenvalue weighted by Gasteiger charge is 2.28. The number of carbonyl (C=O) groups excluding carboxylic acids is 1. The Morgan fingerprint density at radius 2 is 1.92 bits per heavy atom. The average Bonchev–Trinajstić information content (AvgIpc) is 2.66. The molecule has 0 aromatic heterocycles. The van der Waals surface area contributed by atoms with Gasteiger partial charge < -0.3 is 10.6 Å². The zero-order valence-corrected chi connectivity index (χ0v) is 15.1. The lowest BCUT2D eigenvalue weighted by Gasteiger charge is -2.28. The summed E-state index contributed by atoms with van der Waals surface area (Å²) in [7, 11) is -3.53. The van der Waals surface area contributed by atoms with Gasteiger partial charge in [-0.3, -0.25) is 0 Å². The largest absolute Gasteiger partial charge is 0.334 e. The van der Waals surface area contributed by atoms with Crippen molar-refractivity contribution in [2.75, 3.05) is 18.4 Å². The van der Waals surface area contributed by atoms with E-state index in [2.05, 4.69) is 17.2 Å². The van der Waals surface area contributed by atoms with Crippen molar-refractivity contribution in [3.05, 3.63) is 72.3 Å². The van der Waals surface area contributed by atoms with Gasteiger partial charge in [-0.15, -0.1) is 6.58 Å². The van der Waals surface area contributed by atoms with Crippen molar-refractivity contribution in [1.29, 1.82) is 0 Å². The summed E-state index contributed by atoms with van der Waals surface area (Å²) in [4.78, 5) is 12.1. The van der Waals surface area contributed by atoms with Crippen LogP contribution in [0.4, 0.5) is 10.5 Å². The van der Waals surface area contributed by atoms with Crippen LogP contribution in [0.5, 0.6) is 0 Å². The molecular weight excluding hydrogens is 350 g/mol. The van der Waals surface area contributed by atoms with Crippen LogP contribution in [-0.4, -0.2) is 31.8 Å². The number of benzene rings is 2. The van der Waals surface area contributed by atoms with Crippen LogP contribution >= 0.6 is 0 Å². The molecule has 136 valence electrons. The SMILES string of the molecule is C=CCNC(=O)Nc1ccc2c(c1)CN(S(=O)(=O)c1ccccc1)CC2. The summed E-state index contributed by atoms with van der Waals surface area (Å²) in [5.74, 6) is 0. The molecule has 2 N–H and O–H groups in total. The summed E-state index contributed by atoms with van der Waals surface area (Å²) in [6.45, 7) is 4.65. The average molecular weight is 371 g/mol. The molecule has 0 saturated carbocycles. The fraction of sp³-hybridized carbons (Fsp3) is 0.211. The summed E-state index contributed by atoms with van der Waals surface area (Å²) in [5, 5.41) is 5.39. The summed E-state index contributed by atoms with van der Waals surface area (Å²) >= 11 is 0. The van der Waals surface area contributed by atoms with Crippen LogP contribution in [0.3, 0.4) is 0 Å². The van der Waals surface area contributed by atoms with Crippen molar-refractivity contribution < 1.29 is 13.2 Å². The lowest BCUT2D eigenvalue weighted by atomic mass is 10.0. The third-order valence-electron chi connectivity index (χ3n) is 4.23. The van der Waals surface area contributed by atoms with Gasteiger partial charge in [0, 0.05) is 25.3 Å². The van der Waals surface area contributed by atoms with E-state index in [-0.39, 0.29) is 12.6 Å². The molecule has 7 heteroatoms. The first-order valence-electron chi connectivity index (χ1n) is 8.33. The number of amides is 2. The number of nitrogens with one attached hydrogen (secondary N) is 2. The van der Waals surface area contributed by atoms with Crippen molar-refractivity contribution in [3.63, 3.8) is 0 Å². The lowest BCUT2D eigenvalue weighted by molar-refractivity contribution is 0.253. The molecule has 2 amide bonds. The van der Waals surface area contributed by atoms with Gasteiger partial charge in [-0.2, -0.15) is 4.31 Å². The van der Waals surface area contributed by atoms with Crippen molar-refractivity contribution in [2.45, 2.75) is 17.9 Å². The molecule has 2 aromatic carbocycles. The van der Waals surface area contributed by atoms with Crippen LogP contribution in [0.1, 0.15) is 11.1 Å². The second kappa shape index (κ2) is 7.72. The number of carbonyl (C=O) groups is 1. The van der Waals surface area contributed by atoms with Gasteiger partial charge >= 0.3 is 6.03 Å². The Kier molecular flexibility index (Phi) is 5.39. The van der Waals surface area contributed by atoms with Gasteiger partial charge in [0.05, 0.1) is 4.90 Å². The lowest BCUT2D eigenvalue weighted by Crippen LogP contribution is -2.36. The van der Waals surface area contributed by atoms with Crippen LogP contribution in [-0.2, 0) is 23.0 Å². The van der Waals surface area contributed by atoms with Crippen molar-refractivity contribution >= 4 is 21.7 Å². The monoisotopic (exact) mass is 371 g/mol. The van der Waals surface area contributed by atoms with E-state index < -0.39 is 10.0 Å². The van der Waals surface area contributed by atoms with Gasteiger partial charge in [0.15, 0.2) is 0 Å². The standard InChI is InChI=1S/C19H21N3O3S/c1-2-11-20-19(23)21-17-9-8-15-10-12-22(14-16(15)13-17)26(24,25)18-6-4-3-5-7-18/h2-9,13H,1,10-12,14H2,(H2,20,21,23). The number of nitrogens with zero attached hydrogens (tertiary/aromatic N) is 1. The first kappa shape index (κ1) is 18.2. The molecule has 6 nitrogen and oxygen atoms in total. The topological polar surface area (TPSA) is 78.5 Å². The summed E-state index contributed by atoms with van der Waals surface area (Å²) < 4.78 is 27.1. The van der Waals surface area contributed by atoms with E-state index in [1.807, 2.05) is 18.2 Å². The second-order valence-corrected chi connectivity index (χ2v) is 7.95. The van der Waals surface area contributed by atoms with E-state index in [1.165, 1.54) is 4.31 Å². The van der Waals surface area contributed by atoms with Crippen molar-refractivity contribution in [3.8, 4) is 0 Å². The van der Waals surface area contributed by atoms with Crippen LogP contribution in [0.2, 0.25) is 0 Å². The van der Waals surface area contributed by atoms with Crippen LogP contribution in [0.25, 0.3) is 0 Å². The Labute approximate surface area is 153 Å². The minimum atomic E-state index is -3.53. The molecule has 1 heterocycles. The first-order chi connectivity index (χ1) is 12.5. The summed E-state index contributed by atoms with van der Waals surface area (Å²) in [6, 6.07) is 13.7. The fourth-order valence-corrected chi connectivity index (χ4v) is 4.34. The maximum Gasteiger partial charge on any atom is 0.319 e. The highest BCUT2D eigenvalue weighted by atomic mass is 32.2. The molecule has 0 saturated heterocycles. The number of fused-ring (bicyclic) bond motifs is 1. The molecule has 26 heavy (non-hydrogen) atoms. The Hall–Kier alpha value is -2.64. The van der Waals surface area contributed by atoms with E-state index in [9.17, 15) is 13.2 Å². The molecule has 1 aliphatic heterocycles. The number of hydrogen-bond acceptors (Lipinski definition) is 3. The smallest absolute Gasteiger partial charge is 0.319 e. The van der Waals surface area contributed by atoms with Gasteiger partial charge in [-0.25, -0.2) is 13.2 Å². The normalized spacial score (nSPS) is 14.3. The first-order valence-corrected chi connectivity index (χ1v) is 9.77. The minimum Gasteiger partial charge on any atom is -0.334 e. The fourth-order valence-electron chi connectivity index (χ4n) is 2.90. The molecule has 0 atom stereocenters.